The fraction of sp³-hybridized carbons (Fsp3) is 0.400. The third-order valence-corrected chi connectivity index (χ3v) is 6.02. The predicted molar refractivity (Wildman–Crippen MR) is 106 cm³/mol. The fourth-order valence-electron chi connectivity index (χ4n) is 3.45. The summed E-state index contributed by atoms with van der Waals surface area (Å²) >= 11 is 1.61. The molecule has 0 spiro atoms. The highest BCUT2D eigenvalue weighted by molar-refractivity contribution is 7.13. The van der Waals surface area contributed by atoms with Crippen molar-refractivity contribution in [2.24, 2.45) is 0 Å². The van der Waals surface area contributed by atoms with Crippen molar-refractivity contribution in [1.29, 1.82) is 0 Å². The minimum atomic E-state index is 0.0906. The smallest absolute Gasteiger partial charge is 0.253 e. The molecule has 3 heterocycles. The van der Waals surface area contributed by atoms with Crippen LogP contribution in [0.15, 0.2) is 29.6 Å². The lowest BCUT2D eigenvalue weighted by Crippen LogP contribution is -2.38. The molecule has 0 saturated carbocycles. The Morgan fingerprint density at radius 3 is 2.78 bits per heavy atom. The zero-order valence-corrected chi connectivity index (χ0v) is 16.4. The molecule has 0 unspecified atom stereocenters. The lowest BCUT2D eigenvalue weighted by molar-refractivity contribution is 0.0711. The van der Waals surface area contributed by atoms with Crippen LogP contribution in [0.25, 0.3) is 10.6 Å². The van der Waals surface area contributed by atoms with Crippen LogP contribution < -0.4 is 0 Å². The van der Waals surface area contributed by atoms with E-state index in [1.807, 2.05) is 41.5 Å². The Hall–Kier alpha value is -2.54. The molecule has 1 fully saturated rings. The van der Waals surface area contributed by atoms with E-state index in [0.29, 0.717) is 5.92 Å². The number of H-pyrrole nitrogens is 1. The number of benzene rings is 1. The van der Waals surface area contributed by atoms with Gasteiger partial charge in [-0.15, -0.1) is 11.3 Å². The zero-order valence-electron chi connectivity index (χ0n) is 15.6. The van der Waals surface area contributed by atoms with Gasteiger partial charge in [0.1, 0.15) is 10.8 Å². The molecule has 0 bridgehead atoms. The van der Waals surface area contributed by atoms with Gasteiger partial charge in [-0.3, -0.25) is 9.89 Å². The molecule has 0 aliphatic carbocycles. The number of likely N-dealkylation sites (tertiary alicyclic amines) is 1. The highest BCUT2D eigenvalue weighted by Gasteiger charge is 2.27. The van der Waals surface area contributed by atoms with Gasteiger partial charge in [-0.25, -0.2) is 9.97 Å². The van der Waals surface area contributed by atoms with Crippen LogP contribution in [0.4, 0.5) is 0 Å². The molecule has 0 atom stereocenters. The van der Waals surface area contributed by atoms with Crippen molar-refractivity contribution in [3.8, 4) is 10.6 Å². The number of carbonyl (C=O) groups excluding carboxylic acids is 1. The lowest BCUT2D eigenvalue weighted by Gasteiger charge is -2.31. The van der Waals surface area contributed by atoms with E-state index in [0.717, 1.165) is 65.8 Å². The second-order valence-electron chi connectivity index (χ2n) is 6.94. The Bertz CT molecular complexity index is 939. The molecule has 1 aliphatic heterocycles. The number of amides is 1. The molecule has 2 aromatic heterocycles. The van der Waals surface area contributed by atoms with Gasteiger partial charge in [-0.1, -0.05) is 19.1 Å². The van der Waals surface area contributed by atoms with Crippen LogP contribution in [-0.4, -0.2) is 44.1 Å². The van der Waals surface area contributed by atoms with Gasteiger partial charge in [-0.2, -0.15) is 5.10 Å². The number of hydrogen-bond donors (Lipinski definition) is 1. The van der Waals surface area contributed by atoms with Gasteiger partial charge in [-0.05, 0) is 31.9 Å². The number of nitrogens with zero attached hydrogens (tertiary/aromatic N) is 4. The number of nitrogens with one attached hydrogen (secondary N) is 1. The number of hydrogen-bond acceptors (Lipinski definition) is 5. The minimum Gasteiger partial charge on any atom is -0.339 e. The van der Waals surface area contributed by atoms with E-state index in [9.17, 15) is 4.79 Å². The largest absolute Gasteiger partial charge is 0.339 e. The van der Waals surface area contributed by atoms with Crippen LogP contribution in [0, 0.1) is 6.92 Å². The Kier molecular flexibility index (Phi) is 5.03. The molecule has 140 valence electrons. The fourth-order valence-corrected chi connectivity index (χ4v) is 4.24. The summed E-state index contributed by atoms with van der Waals surface area (Å²) in [6, 6.07) is 7.79. The Labute approximate surface area is 162 Å². The first-order chi connectivity index (χ1) is 13.1. The Morgan fingerprint density at radius 1 is 1.30 bits per heavy atom. The first kappa shape index (κ1) is 17.9. The minimum absolute atomic E-state index is 0.0906. The summed E-state index contributed by atoms with van der Waals surface area (Å²) in [7, 11) is 0. The van der Waals surface area contributed by atoms with Crippen molar-refractivity contribution in [3.05, 3.63) is 52.6 Å². The summed E-state index contributed by atoms with van der Waals surface area (Å²) in [5, 5.41) is 10.3. The Morgan fingerprint density at radius 2 is 2.11 bits per heavy atom. The van der Waals surface area contributed by atoms with E-state index in [4.69, 9.17) is 0 Å². The summed E-state index contributed by atoms with van der Waals surface area (Å²) in [4.78, 5) is 24.0. The average molecular weight is 382 g/mol. The molecule has 1 aromatic carbocycles. The van der Waals surface area contributed by atoms with Gasteiger partial charge in [0.25, 0.3) is 5.91 Å². The van der Waals surface area contributed by atoms with E-state index in [1.165, 1.54) is 0 Å². The third-order valence-electron chi connectivity index (χ3n) is 5.01. The second-order valence-corrected chi connectivity index (χ2v) is 7.79. The molecule has 0 radical (unpaired) electrons. The normalized spacial score (nSPS) is 15.3. The molecule has 1 saturated heterocycles. The molecular formula is C20H23N5OS. The van der Waals surface area contributed by atoms with E-state index in [-0.39, 0.29) is 5.91 Å². The zero-order chi connectivity index (χ0) is 18.8. The van der Waals surface area contributed by atoms with E-state index in [1.54, 1.807) is 11.3 Å². The topological polar surface area (TPSA) is 74.8 Å². The van der Waals surface area contributed by atoms with Crippen molar-refractivity contribution in [2.75, 3.05) is 13.1 Å². The van der Waals surface area contributed by atoms with Gasteiger partial charge >= 0.3 is 0 Å². The maximum Gasteiger partial charge on any atom is 0.253 e. The summed E-state index contributed by atoms with van der Waals surface area (Å²) < 4.78 is 0. The van der Waals surface area contributed by atoms with Gasteiger partial charge in [0, 0.05) is 47.6 Å². The molecule has 1 N–H and O–H groups in total. The number of aryl methyl sites for hydroxylation is 2. The van der Waals surface area contributed by atoms with Crippen molar-refractivity contribution in [3.63, 3.8) is 0 Å². The summed E-state index contributed by atoms with van der Waals surface area (Å²) in [6.45, 7) is 5.52. The van der Waals surface area contributed by atoms with Gasteiger partial charge < -0.3 is 4.90 Å². The number of thiazole rings is 1. The number of carbonyl (C=O) groups is 1. The van der Waals surface area contributed by atoms with Crippen LogP contribution in [0.2, 0.25) is 0 Å². The van der Waals surface area contributed by atoms with E-state index < -0.39 is 0 Å². The SMILES string of the molecule is CCc1nc(C2CCN(C(=O)c3cccc(-c4nc(C)cs4)c3)CC2)n[nH]1. The molecule has 1 aliphatic rings. The Balaban J connectivity index is 1.43. The average Bonchev–Trinajstić information content (AvgIpc) is 3.37. The summed E-state index contributed by atoms with van der Waals surface area (Å²) in [6.07, 6.45) is 2.66. The monoisotopic (exact) mass is 381 g/mol. The van der Waals surface area contributed by atoms with Gasteiger partial charge in [0.05, 0.1) is 0 Å². The van der Waals surface area contributed by atoms with Crippen LogP contribution >= 0.6 is 11.3 Å². The molecule has 1 amide bonds. The molecule has 4 rings (SSSR count). The van der Waals surface area contributed by atoms with Crippen LogP contribution in [-0.2, 0) is 6.42 Å². The van der Waals surface area contributed by atoms with Crippen LogP contribution in [0.5, 0.6) is 0 Å². The first-order valence-electron chi connectivity index (χ1n) is 9.37. The standard InChI is InChI=1S/C20H23N5OS/c1-3-17-22-18(24-23-17)14-7-9-25(10-8-14)20(26)16-6-4-5-15(11-16)19-21-13(2)12-27-19/h4-6,11-12,14H,3,7-10H2,1-2H3,(H,22,23,24). The van der Waals surface area contributed by atoms with Crippen molar-refractivity contribution >= 4 is 17.2 Å². The first-order valence-corrected chi connectivity index (χ1v) is 10.2. The summed E-state index contributed by atoms with van der Waals surface area (Å²) in [5.74, 6) is 2.24. The van der Waals surface area contributed by atoms with E-state index >= 15 is 0 Å². The summed E-state index contributed by atoms with van der Waals surface area (Å²) in [5.41, 5.74) is 2.73. The van der Waals surface area contributed by atoms with Gasteiger partial charge in [0.2, 0.25) is 0 Å². The number of aromatic nitrogens is 4. The highest BCUT2D eigenvalue weighted by Crippen LogP contribution is 2.28. The van der Waals surface area contributed by atoms with Crippen molar-refractivity contribution < 1.29 is 4.79 Å². The maximum absolute atomic E-state index is 13.0. The highest BCUT2D eigenvalue weighted by atomic mass is 32.1. The predicted octanol–water partition coefficient (Wildman–Crippen LogP) is 3.82. The number of rotatable bonds is 4. The van der Waals surface area contributed by atoms with Crippen LogP contribution in [0.1, 0.15) is 53.4 Å². The van der Waals surface area contributed by atoms with Gasteiger partial charge in [0.15, 0.2) is 5.82 Å². The number of aromatic amines is 1. The molecular weight excluding hydrogens is 358 g/mol. The van der Waals surface area contributed by atoms with E-state index in [2.05, 4.69) is 27.1 Å². The van der Waals surface area contributed by atoms with Crippen molar-refractivity contribution in [2.45, 2.75) is 39.0 Å². The molecule has 7 heteroatoms. The molecule has 6 nitrogen and oxygen atoms in total. The van der Waals surface area contributed by atoms with Crippen LogP contribution in [0.3, 0.4) is 0 Å². The lowest BCUT2D eigenvalue weighted by atomic mass is 9.95. The van der Waals surface area contributed by atoms with Crippen molar-refractivity contribution in [1.82, 2.24) is 25.1 Å². The maximum atomic E-state index is 13.0. The third kappa shape index (κ3) is 3.78. The number of piperidine rings is 1. The quantitative estimate of drug-likeness (QED) is 0.745. The second kappa shape index (κ2) is 7.60. The molecule has 3 aromatic rings. The molecule has 27 heavy (non-hydrogen) atoms.